The van der Waals surface area contributed by atoms with Crippen molar-refractivity contribution in [3.05, 3.63) is 0 Å². The van der Waals surface area contributed by atoms with Gasteiger partial charge in [0.15, 0.2) is 0 Å². The summed E-state index contributed by atoms with van der Waals surface area (Å²) in [6, 6.07) is 0. The predicted molar refractivity (Wildman–Crippen MR) is 71.5 cm³/mol. The first-order valence-corrected chi connectivity index (χ1v) is 6.83. The summed E-state index contributed by atoms with van der Waals surface area (Å²) in [4.78, 5) is 11.5. The normalized spacial score (nSPS) is 41.0. The van der Waals surface area contributed by atoms with E-state index in [0.717, 1.165) is 0 Å². The minimum Gasteiger partial charge on any atom is -0.479 e. The van der Waals surface area contributed by atoms with Gasteiger partial charge in [0.2, 0.25) is 5.60 Å². The number of carbonyl (C=O) groups is 1. The SMILES string of the molecule is [2H]C1([C@](O)(C(=O)O)[C@@H](O)[C@H](O)[C@H](O)CO)O[C@H](CO)[C@H](O)[C@H](O)[C@H]1O. The Kier molecular flexibility index (Phi) is 6.44. The van der Waals surface area contributed by atoms with Gasteiger partial charge in [-0.3, -0.25) is 0 Å². The molecule has 1 heterocycles. The highest BCUT2D eigenvalue weighted by Crippen LogP contribution is 2.32. The molecule has 9 atom stereocenters. The first-order valence-electron chi connectivity index (χ1n) is 7.33. The number of ether oxygens (including phenoxy) is 1. The van der Waals surface area contributed by atoms with Gasteiger partial charge in [0.05, 0.1) is 14.6 Å². The van der Waals surface area contributed by atoms with Crippen molar-refractivity contribution in [1.82, 2.24) is 0 Å². The zero-order valence-corrected chi connectivity index (χ0v) is 12.2. The molecule has 0 amide bonds. The molecule has 24 heavy (non-hydrogen) atoms. The smallest absolute Gasteiger partial charge is 0.341 e. The highest BCUT2D eigenvalue weighted by molar-refractivity contribution is 5.79. The lowest BCUT2D eigenvalue weighted by atomic mass is 9.79. The molecule has 10 N–H and O–H groups in total. The van der Waals surface area contributed by atoms with Crippen molar-refractivity contribution >= 4 is 5.97 Å². The second-order valence-corrected chi connectivity index (χ2v) is 5.39. The Morgan fingerprint density at radius 2 is 1.67 bits per heavy atom. The van der Waals surface area contributed by atoms with Crippen LogP contribution in [0.5, 0.6) is 0 Å². The van der Waals surface area contributed by atoms with Crippen LogP contribution in [0.25, 0.3) is 0 Å². The third-order valence-electron chi connectivity index (χ3n) is 3.82. The van der Waals surface area contributed by atoms with Gasteiger partial charge in [-0.15, -0.1) is 0 Å². The van der Waals surface area contributed by atoms with Crippen molar-refractivity contribution in [2.45, 2.75) is 54.4 Å². The van der Waals surface area contributed by atoms with Gasteiger partial charge in [-0.05, 0) is 0 Å². The minimum atomic E-state index is -3.85. The van der Waals surface area contributed by atoms with Crippen LogP contribution in [0, 0.1) is 0 Å². The van der Waals surface area contributed by atoms with Gasteiger partial charge in [0.1, 0.15) is 48.8 Å². The van der Waals surface area contributed by atoms with E-state index in [1.807, 2.05) is 0 Å². The molecule has 0 radical (unpaired) electrons. The van der Waals surface area contributed by atoms with Gasteiger partial charge in [0, 0.05) is 0 Å². The summed E-state index contributed by atoms with van der Waals surface area (Å²) >= 11 is 0. The van der Waals surface area contributed by atoms with Crippen LogP contribution in [-0.2, 0) is 9.53 Å². The lowest BCUT2D eigenvalue weighted by Crippen LogP contribution is -2.72. The van der Waals surface area contributed by atoms with Crippen molar-refractivity contribution < 1.29 is 62.0 Å². The fraction of sp³-hybridized carbons (Fsp3) is 0.917. The van der Waals surface area contributed by atoms with Crippen LogP contribution in [-0.4, -0.2) is 125 Å². The van der Waals surface area contributed by atoms with Crippen molar-refractivity contribution in [2.24, 2.45) is 0 Å². The van der Waals surface area contributed by atoms with Crippen LogP contribution in [0.1, 0.15) is 1.37 Å². The van der Waals surface area contributed by atoms with Gasteiger partial charge >= 0.3 is 5.97 Å². The summed E-state index contributed by atoms with van der Waals surface area (Å²) in [6.45, 7) is -2.21. The van der Waals surface area contributed by atoms with Gasteiger partial charge in [-0.25, -0.2) is 4.79 Å². The van der Waals surface area contributed by atoms with Gasteiger partial charge in [-0.2, -0.15) is 0 Å². The molecule has 12 nitrogen and oxygen atoms in total. The topological polar surface area (TPSA) is 229 Å². The van der Waals surface area contributed by atoms with E-state index in [1.165, 1.54) is 0 Å². The third-order valence-corrected chi connectivity index (χ3v) is 3.82. The fourth-order valence-corrected chi connectivity index (χ4v) is 2.27. The Labute approximate surface area is 136 Å². The Morgan fingerprint density at radius 1 is 1.12 bits per heavy atom. The third kappa shape index (κ3) is 3.52. The van der Waals surface area contributed by atoms with E-state index < -0.39 is 73.6 Å². The van der Waals surface area contributed by atoms with E-state index >= 15 is 0 Å². The summed E-state index contributed by atoms with van der Waals surface area (Å²) in [6.07, 6.45) is -19.7. The minimum absolute atomic E-state index is 1.06. The number of rotatable bonds is 7. The maximum Gasteiger partial charge on any atom is 0.341 e. The Hall–Kier alpha value is -0.930. The van der Waals surface area contributed by atoms with Crippen LogP contribution < -0.4 is 0 Å². The molecule has 0 aromatic rings. The van der Waals surface area contributed by atoms with Crippen LogP contribution in [0.15, 0.2) is 0 Å². The Balaban J connectivity index is 3.42. The van der Waals surface area contributed by atoms with Gasteiger partial charge in [-0.1, -0.05) is 0 Å². The molecular weight excluding hydrogens is 336 g/mol. The second-order valence-electron chi connectivity index (χ2n) is 5.39. The predicted octanol–water partition coefficient (Wildman–Crippen LogP) is -6.28. The quantitative estimate of drug-likeness (QED) is 0.205. The van der Waals surface area contributed by atoms with Gasteiger partial charge < -0.3 is 55.8 Å². The number of carboxylic acid groups (broad SMARTS) is 1. The first-order chi connectivity index (χ1) is 11.4. The molecule has 0 saturated carbocycles. The molecular formula is C12H22O12. The molecule has 1 aliphatic heterocycles. The maximum absolute atomic E-state index is 11.5. The fourth-order valence-electron chi connectivity index (χ4n) is 2.27. The number of hydrogen-bond acceptors (Lipinski definition) is 11. The Bertz CT molecular complexity index is 477. The summed E-state index contributed by atoms with van der Waals surface area (Å²) in [5, 5.41) is 95.9. The van der Waals surface area contributed by atoms with E-state index in [9.17, 15) is 45.6 Å². The number of aliphatic hydroxyl groups is 9. The molecule has 1 fully saturated rings. The number of hydrogen-bond donors (Lipinski definition) is 10. The summed E-state index contributed by atoms with van der Waals surface area (Å²) in [5.41, 5.74) is -3.85. The lowest BCUT2D eigenvalue weighted by Gasteiger charge is -2.47. The zero-order valence-electron chi connectivity index (χ0n) is 13.2. The number of aliphatic carboxylic acids is 1. The molecule has 1 rings (SSSR count). The molecule has 0 aliphatic carbocycles. The monoisotopic (exact) mass is 359 g/mol. The molecule has 0 spiro atoms. The van der Waals surface area contributed by atoms with E-state index in [0.29, 0.717) is 0 Å². The molecule has 0 aromatic carbocycles. The Morgan fingerprint density at radius 3 is 2.08 bits per heavy atom. The molecule has 12 heteroatoms. The van der Waals surface area contributed by atoms with Crippen LogP contribution >= 0.6 is 0 Å². The first kappa shape index (κ1) is 19.4. The lowest BCUT2D eigenvalue weighted by molar-refractivity contribution is -0.291. The average molecular weight is 359 g/mol. The number of aliphatic hydroxyl groups excluding tert-OH is 8. The second kappa shape index (κ2) is 7.97. The van der Waals surface area contributed by atoms with Crippen molar-refractivity contribution in [3.63, 3.8) is 0 Å². The molecule has 1 aliphatic rings. The molecule has 1 unspecified atom stereocenters. The van der Waals surface area contributed by atoms with Crippen LogP contribution in [0.4, 0.5) is 0 Å². The summed E-state index contributed by atoms with van der Waals surface area (Å²) in [7, 11) is 0. The molecule has 0 bridgehead atoms. The van der Waals surface area contributed by atoms with Crippen LogP contribution in [0.3, 0.4) is 0 Å². The molecule has 0 aromatic heterocycles. The number of carboxylic acids is 1. The van der Waals surface area contributed by atoms with E-state index in [2.05, 4.69) is 0 Å². The zero-order chi connectivity index (χ0) is 19.7. The van der Waals surface area contributed by atoms with Gasteiger partial charge in [0.25, 0.3) is 0 Å². The largest absolute Gasteiger partial charge is 0.479 e. The average Bonchev–Trinajstić information content (AvgIpc) is 2.59. The molecule has 142 valence electrons. The highest BCUT2D eigenvalue weighted by atomic mass is 16.6. The summed E-state index contributed by atoms with van der Waals surface area (Å²) in [5.74, 6) is -2.39. The van der Waals surface area contributed by atoms with E-state index in [-0.39, 0.29) is 0 Å². The van der Waals surface area contributed by atoms with Crippen molar-refractivity contribution in [1.29, 1.82) is 0 Å². The maximum atomic E-state index is 11.5. The summed E-state index contributed by atoms with van der Waals surface area (Å²) < 4.78 is 12.7. The van der Waals surface area contributed by atoms with Crippen LogP contribution in [0.2, 0.25) is 0 Å². The highest BCUT2D eigenvalue weighted by Gasteiger charge is 2.61. The van der Waals surface area contributed by atoms with E-state index in [1.54, 1.807) is 0 Å². The standard InChI is InChI=1S/C12H22O12/c13-1-3(15)5(16)9(20)12(23,11(21)22)10-8(19)7(18)6(17)4(2-14)24-10/h3-10,13-20,23H,1-2H2,(H,21,22)/t3-,4-,5-,6+,7+,8-,9+,10?,12+/m1/s1/i10D. The van der Waals surface area contributed by atoms with Crippen molar-refractivity contribution in [3.8, 4) is 0 Å². The van der Waals surface area contributed by atoms with Crippen molar-refractivity contribution in [2.75, 3.05) is 13.2 Å². The molecule has 1 saturated heterocycles. The van der Waals surface area contributed by atoms with E-state index in [4.69, 9.17) is 16.3 Å².